The molecule has 0 radical (unpaired) electrons. The van der Waals surface area contributed by atoms with Crippen LogP contribution in [0.2, 0.25) is 0 Å². The zero-order valence-corrected chi connectivity index (χ0v) is 5.82. The van der Waals surface area contributed by atoms with Gasteiger partial charge in [-0.1, -0.05) is 12.7 Å². The number of aromatic nitrogens is 1. The molecule has 0 aliphatic carbocycles. The van der Waals surface area contributed by atoms with E-state index in [1.54, 1.807) is 6.08 Å². The SMILES string of the molecule is C=CCOc1cc(C=O)on1. The van der Waals surface area contributed by atoms with Crippen LogP contribution in [0.4, 0.5) is 0 Å². The second kappa shape index (κ2) is 3.55. The first-order chi connectivity index (χ1) is 5.36. The third kappa shape index (κ3) is 1.93. The molecule has 0 fully saturated rings. The lowest BCUT2D eigenvalue weighted by molar-refractivity contribution is 0.109. The molecule has 0 bridgehead atoms. The minimum Gasteiger partial charge on any atom is -0.471 e. The Bertz CT molecular complexity index is 254. The number of aldehydes is 1. The van der Waals surface area contributed by atoms with Crippen molar-refractivity contribution in [2.45, 2.75) is 0 Å². The maximum absolute atomic E-state index is 10.1. The van der Waals surface area contributed by atoms with Crippen molar-refractivity contribution in [3.8, 4) is 5.88 Å². The Hall–Kier alpha value is -1.58. The van der Waals surface area contributed by atoms with Crippen LogP contribution in [0.1, 0.15) is 10.6 Å². The number of hydrogen-bond donors (Lipinski definition) is 0. The summed E-state index contributed by atoms with van der Waals surface area (Å²) in [6.07, 6.45) is 2.14. The van der Waals surface area contributed by atoms with Gasteiger partial charge in [0.25, 0.3) is 5.88 Å². The van der Waals surface area contributed by atoms with Crippen molar-refractivity contribution in [2.24, 2.45) is 0 Å². The lowest BCUT2D eigenvalue weighted by atomic mass is 10.5. The van der Waals surface area contributed by atoms with E-state index in [9.17, 15) is 4.79 Å². The highest BCUT2D eigenvalue weighted by molar-refractivity contribution is 5.70. The molecule has 1 rings (SSSR count). The first-order valence-electron chi connectivity index (χ1n) is 3.02. The summed E-state index contributed by atoms with van der Waals surface area (Å²) in [6.45, 7) is 3.80. The van der Waals surface area contributed by atoms with E-state index in [4.69, 9.17) is 4.74 Å². The molecule has 0 spiro atoms. The molecule has 0 N–H and O–H groups in total. The Morgan fingerprint density at radius 1 is 1.82 bits per heavy atom. The lowest BCUT2D eigenvalue weighted by Gasteiger charge is -1.92. The smallest absolute Gasteiger partial charge is 0.255 e. The first-order valence-corrected chi connectivity index (χ1v) is 3.02. The molecule has 4 nitrogen and oxygen atoms in total. The molecule has 1 heterocycles. The van der Waals surface area contributed by atoms with E-state index in [0.717, 1.165) is 0 Å². The van der Waals surface area contributed by atoms with Gasteiger partial charge >= 0.3 is 0 Å². The minimum absolute atomic E-state index is 0.157. The van der Waals surface area contributed by atoms with Gasteiger partial charge in [-0.05, 0) is 5.16 Å². The van der Waals surface area contributed by atoms with Crippen molar-refractivity contribution < 1.29 is 14.1 Å². The van der Waals surface area contributed by atoms with E-state index in [-0.39, 0.29) is 5.76 Å². The van der Waals surface area contributed by atoms with Crippen LogP contribution in [0, 0.1) is 0 Å². The fourth-order valence-corrected chi connectivity index (χ4v) is 0.540. The Balaban J connectivity index is 2.57. The second-order valence-corrected chi connectivity index (χ2v) is 1.79. The number of carbonyl (C=O) groups excluding carboxylic acids is 1. The molecule has 0 aromatic carbocycles. The quantitative estimate of drug-likeness (QED) is 0.479. The van der Waals surface area contributed by atoms with Gasteiger partial charge in [-0.15, -0.1) is 0 Å². The van der Waals surface area contributed by atoms with E-state index in [0.29, 0.717) is 18.8 Å². The minimum atomic E-state index is 0.157. The highest BCUT2D eigenvalue weighted by Gasteiger charge is 2.01. The normalized spacial score (nSPS) is 9.09. The molecule has 11 heavy (non-hydrogen) atoms. The van der Waals surface area contributed by atoms with Crippen molar-refractivity contribution in [1.82, 2.24) is 5.16 Å². The van der Waals surface area contributed by atoms with Gasteiger partial charge in [-0.2, -0.15) is 0 Å². The molecule has 0 amide bonds. The zero-order valence-electron chi connectivity index (χ0n) is 5.82. The third-order valence-electron chi connectivity index (χ3n) is 0.972. The number of ether oxygens (including phenoxy) is 1. The zero-order chi connectivity index (χ0) is 8.10. The molecule has 58 valence electrons. The van der Waals surface area contributed by atoms with Gasteiger partial charge in [0.2, 0.25) is 5.76 Å². The standard InChI is InChI=1S/C7H7NO3/c1-2-3-10-7-4-6(5-9)11-8-7/h2,4-5H,1,3H2. The van der Waals surface area contributed by atoms with E-state index < -0.39 is 0 Å². The summed E-state index contributed by atoms with van der Waals surface area (Å²) < 4.78 is 9.49. The van der Waals surface area contributed by atoms with E-state index in [1.165, 1.54) is 6.07 Å². The van der Waals surface area contributed by atoms with Gasteiger partial charge in [-0.3, -0.25) is 4.79 Å². The first kappa shape index (κ1) is 7.53. The molecule has 0 aliphatic rings. The Morgan fingerprint density at radius 2 is 2.64 bits per heavy atom. The average Bonchev–Trinajstić information content (AvgIpc) is 2.48. The number of hydrogen-bond acceptors (Lipinski definition) is 4. The van der Waals surface area contributed by atoms with E-state index in [2.05, 4.69) is 16.3 Å². The second-order valence-electron chi connectivity index (χ2n) is 1.79. The van der Waals surface area contributed by atoms with Crippen LogP contribution in [0.15, 0.2) is 23.2 Å². The molecule has 4 heteroatoms. The van der Waals surface area contributed by atoms with Gasteiger partial charge in [0.1, 0.15) is 6.61 Å². The molecule has 1 aromatic heterocycles. The van der Waals surface area contributed by atoms with Gasteiger partial charge in [0, 0.05) is 0 Å². The summed E-state index contributed by atoms with van der Waals surface area (Å²) in [5.41, 5.74) is 0. The average molecular weight is 153 g/mol. The van der Waals surface area contributed by atoms with Crippen molar-refractivity contribution in [3.63, 3.8) is 0 Å². The van der Waals surface area contributed by atoms with Crippen LogP contribution >= 0.6 is 0 Å². The monoisotopic (exact) mass is 153 g/mol. The van der Waals surface area contributed by atoms with Gasteiger partial charge < -0.3 is 9.26 Å². The molecule has 0 atom stereocenters. The van der Waals surface area contributed by atoms with Crippen molar-refractivity contribution in [3.05, 3.63) is 24.5 Å². The van der Waals surface area contributed by atoms with Crippen molar-refractivity contribution in [1.29, 1.82) is 0 Å². The summed E-state index contributed by atoms with van der Waals surface area (Å²) in [4.78, 5) is 10.1. The van der Waals surface area contributed by atoms with Gasteiger partial charge in [0.05, 0.1) is 6.07 Å². The summed E-state index contributed by atoms with van der Waals surface area (Å²) >= 11 is 0. The maximum Gasteiger partial charge on any atom is 0.255 e. The van der Waals surface area contributed by atoms with E-state index >= 15 is 0 Å². The van der Waals surface area contributed by atoms with Gasteiger partial charge in [0.15, 0.2) is 6.29 Å². The number of rotatable bonds is 4. The highest BCUT2D eigenvalue weighted by atomic mass is 16.5. The number of carbonyl (C=O) groups is 1. The summed E-state index contributed by atoms with van der Waals surface area (Å²) in [7, 11) is 0. The summed E-state index contributed by atoms with van der Waals surface area (Å²) in [6, 6.07) is 1.41. The van der Waals surface area contributed by atoms with Crippen LogP contribution in [0.5, 0.6) is 5.88 Å². The van der Waals surface area contributed by atoms with E-state index in [1.807, 2.05) is 0 Å². The van der Waals surface area contributed by atoms with Crippen LogP contribution in [-0.4, -0.2) is 18.0 Å². The van der Waals surface area contributed by atoms with Crippen molar-refractivity contribution in [2.75, 3.05) is 6.61 Å². The molecular formula is C7H7NO3. The molecule has 0 unspecified atom stereocenters. The predicted octanol–water partition coefficient (Wildman–Crippen LogP) is 1.05. The highest BCUT2D eigenvalue weighted by Crippen LogP contribution is 2.08. The molecule has 0 saturated heterocycles. The van der Waals surface area contributed by atoms with Crippen LogP contribution in [0.3, 0.4) is 0 Å². The topological polar surface area (TPSA) is 52.3 Å². The summed E-state index contributed by atoms with van der Waals surface area (Å²) in [5.74, 6) is 0.455. The maximum atomic E-state index is 10.1. The van der Waals surface area contributed by atoms with Gasteiger partial charge in [-0.25, -0.2) is 0 Å². The Kier molecular flexibility index (Phi) is 2.43. The van der Waals surface area contributed by atoms with Crippen molar-refractivity contribution >= 4 is 6.29 Å². The molecule has 0 aliphatic heterocycles. The Morgan fingerprint density at radius 3 is 3.18 bits per heavy atom. The fraction of sp³-hybridized carbons (Fsp3) is 0.143. The van der Waals surface area contributed by atoms with Crippen LogP contribution in [-0.2, 0) is 0 Å². The number of nitrogens with zero attached hydrogens (tertiary/aromatic N) is 1. The third-order valence-corrected chi connectivity index (χ3v) is 0.972. The predicted molar refractivity (Wildman–Crippen MR) is 37.6 cm³/mol. The van der Waals surface area contributed by atoms with Crippen LogP contribution < -0.4 is 4.74 Å². The summed E-state index contributed by atoms with van der Waals surface area (Å²) in [5, 5.41) is 3.45. The lowest BCUT2D eigenvalue weighted by Crippen LogP contribution is -1.91. The molecule has 1 aromatic rings. The largest absolute Gasteiger partial charge is 0.471 e. The Labute approximate surface area is 63.4 Å². The fourth-order valence-electron chi connectivity index (χ4n) is 0.540. The van der Waals surface area contributed by atoms with Crippen LogP contribution in [0.25, 0.3) is 0 Å². The molecular weight excluding hydrogens is 146 g/mol. The molecule has 0 saturated carbocycles.